The van der Waals surface area contributed by atoms with Crippen LogP contribution in [-0.4, -0.2) is 72.1 Å². The fourth-order valence-electron chi connectivity index (χ4n) is 4.81. The van der Waals surface area contributed by atoms with Crippen LogP contribution in [0.5, 0.6) is 0 Å². The summed E-state index contributed by atoms with van der Waals surface area (Å²) in [5, 5.41) is 16.7. The summed E-state index contributed by atoms with van der Waals surface area (Å²) in [5.41, 5.74) is 1.37. The molecule has 2 atom stereocenters. The largest absolute Gasteiger partial charge is 0.334 e. The molecule has 1 aromatic carbocycles. The Labute approximate surface area is 155 Å². The monoisotopic (exact) mass is 359 g/mol. The third-order valence-electron chi connectivity index (χ3n) is 6.42. The number of quaternary nitrogens is 1. The maximum absolute atomic E-state index is 12.4. The molecule has 2 amide bonds. The van der Waals surface area contributed by atoms with Crippen LogP contribution in [0.15, 0.2) is 30.3 Å². The molecule has 6 nitrogen and oxygen atoms in total. The second-order valence-corrected chi connectivity index (χ2v) is 8.31. The number of hydroxylamine groups is 3. The van der Waals surface area contributed by atoms with E-state index in [2.05, 4.69) is 39.8 Å². The zero-order chi connectivity index (χ0) is 18.0. The highest BCUT2D eigenvalue weighted by atomic mass is 16.5. The highest BCUT2D eigenvalue weighted by Gasteiger charge is 2.46. The number of carbonyl (C=O) groups excluding carboxylic acids is 1. The van der Waals surface area contributed by atoms with Crippen LogP contribution in [0.3, 0.4) is 0 Å². The standard InChI is InChI=1S/C20H30N4O2/c25-20(22-19-15-24(26)12-8-17(19)9-13-24)21-18-7-11-23(14-18)10-6-16-4-2-1-3-5-16/h1-5,17-19,26H,6-15H2,(H-,21,22,25)/p+1/t17?,18-,19?,24?/m0/s1. The first-order valence-corrected chi connectivity index (χ1v) is 10.0. The number of benzene rings is 1. The Kier molecular flexibility index (Phi) is 5.16. The molecule has 6 heteroatoms. The molecule has 4 saturated heterocycles. The van der Waals surface area contributed by atoms with E-state index < -0.39 is 0 Å². The van der Waals surface area contributed by atoms with Gasteiger partial charge in [0.05, 0.1) is 6.04 Å². The molecule has 26 heavy (non-hydrogen) atoms. The van der Waals surface area contributed by atoms with E-state index in [1.807, 2.05) is 6.07 Å². The average molecular weight is 359 g/mol. The lowest BCUT2D eigenvalue weighted by atomic mass is 9.83. The maximum Gasteiger partial charge on any atom is 0.315 e. The van der Waals surface area contributed by atoms with Crippen molar-refractivity contribution in [3.05, 3.63) is 35.9 Å². The number of hydrogen-bond donors (Lipinski definition) is 3. The van der Waals surface area contributed by atoms with Crippen molar-refractivity contribution in [1.82, 2.24) is 15.5 Å². The number of hydrogen-bond acceptors (Lipinski definition) is 3. The van der Waals surface area contributed by atoms with E-state index in [1.54, 1.807) is 0 Å². The fourth-order valence-corrected chi connectivity index (χ4v) is 4.81. The quantitative estimate of drug-likeness (QED) is 0.700. The Balaban J connectivity index is 1.19. The summed E-state index contributed by atoms with van der Waals surface area (Å²) in [6.45, 7) is 5.34. The van der Waals surface area contributed by atoms with E-state index in [1.165, 1.54) is 5.56 Å². The van der Waals surface area contributed by atoms with Gasteiger partial charge in [-0.1, -0.05) is 30.3 Å². The van der Waals surface area contributed by atoms with Gasteiger partial charge in [0, 0.05) is 38.5 Å². The predicted molar refractivity (Wildman–Crippen MR) is 99.8 cm³/mol. The minimum atomic E-state index is -0.0646. The Bertz CT molecular complexity index is 615. The van der Waals surface area contributed by atoms with Gasteiger partial charge in [0.2, 0.25) is 0 Å². The zero-order valence-electron chi connectivity index (χ0n) is 15.4. The topological polar surface area (TPSA) is 64.6 Å². The molecule has 0 aliphatic carbocycles. The third-order valence-corrected chi connectivity index (χ3v) is 6.42. The van der Waals surface area contributed by atoms with Crippen LogP contribution in [0.4, 0.5) is 4.79 Å². The van der Waals surface area contributed by atoms with Crippen LogP contribution >= 0.6 is 0 Å². The van der Waals surface area contributed by atoms with Crippen molar-refractivity contribution in [3.8, 4) is 0 Å². The molecule has 3 N–H and O–H groups in total. The molecule has 5 rings (SSSR count). The number of rotatable bonds is 5. The lowest BCUT2D eigenvalue weighted by molar-refractivity contribution is -1.11. The molecular formula is C20H31N4O2+. The molecule has 4 aliphatic rings. The van der Waals surface area contributed by atoms with Crippen LogP contribution in [-0.2, 0) is 6.42 Å². The molecule has 142 valence electrons. The van der Waals surface area contributed by atoms with Gasteiger partial charge < -0.3 is 15.5 Å². The highest BCUT2D eigenvalue weighted by molar-refractivity contribution is 5.74. The van der Waals surface area contributed by atoms with Crippen molar-refractivity contribution >= 4 is 6.03 Å². The lowest BCUT2D eigenvalue weighted by Gasteiger charge is -2.47. The van der Waals surface area contributed by atoms with Crippen LogP contribution < -0.4 is 10.6 Å². The Morgan fingerprint density at radius 3 is 2.65 bits per heavy atom. The number of piperidine rings is 3. The SMILES string of the molecule is O=C(NC1C[N+]2(O)CCC1CC2)N[C@H]1CCN(CCc2ccccc2)C1. The maximum atomic E-state index is 12.4. The van der Waals surface area contributed by atoms with E-state index in [0.29, 0.717) is 12.5 Å². The van der Waals surface area contributed by atoms with Gasteiger partial charge in [0.15, 0.2) is 0 Å². The molecular weight excluding hydrogens is 328 g/mol. The molecule has 4 aliphatic heterocycles. The number of amides is 2. The molecule has 2 bridgehead atoms. The second kappa shape index (κ2) is 7.55. The van der Waals surface area contributed by atoms with E-state index in [4.69, 9.17) is 0 Å². The molecule has 0 aromatic heterocycles. The first-order chi connectivity index (χ1) is 12.6. The Hall–Kier alpha value is -1.63. The van der Waals surface area contributed by atoms with Gasteiger partial charge in [-0.2, -0.15) is 4.65 Å². The number of fused-ring (bicyclic) bond motifs is 3. The van der Waals surface area contributed by atoms with Gasteiger partial charge in [-0.15, -0.1) is 0 Å². The molecule has 0 spiro atoms. The molecule has 1 aromatic rings. The first kappa shape index (κ1) is 17.8. The lowest BCUT2D eigenvalue weighted by Crippen LogP contribution is -2.66. The number of likely N-dealkylation sites (tertiary alicyclic amines) is 1. The Morgan fingerprint density at radius 1 is 1.15 bits per heavy atom. The van der Waals surface area contributed by atoms with Crippen molar-refractivity contribution in [2.75, 3.05) is 39.3 Å². The van der Waals surface area contributed by atoms with Crippen molar-refractivity contribution in [1.29, 1.82) is 0 Å². The highest BCUT2D eigenvalue weighted by Crippen LogP contribution is 2.32. The van der Waals surface area contributed by atoms with E-state index in [-0.39, 0.29) is 22.8 Å². The molecule has 4 fully saturated rings. The van der Waals surface area contributed by atoms with Crippen molar-refractivity contribution in [3.63, 3.8) is 0 Å². The van der Waals surface area contributed by atoms with Crippen molar-refractivity contribution < 1.29 is 14.6 Å². The van der Waals surface area contributed by atoms with E-state index >= 15 is 0 Å². The summed E-state index contributed by atoms with van der Waals surface area (Å²) < 4.78 is 0.137. The number of nitrogens with one attached hydrogen (secondary N) is 2. The van der Waals surface area contributed by atoms with Gasteiger partial charge in [0.1, 0.15) is 19.6 Å². The normalized spacial score (nSPS) is 34.0. The number of carbonyl (C=O) groups is 1. The summed E-state index contributed by atoms with van der Waals surface area (Å²) in [7, 11) is 0. The van der Waals surface area contributed by atoms with Crippen LogP contribution in [0.1, 0.15) is 24.8 Å². The summed E-state index contributed by atoms with van der Waals surface area (Å²) >= 11 is 0. The Morgan fingerprint density at radius 2 is 1.92 bits per heavy atom. The fraction of sp³-hybridized carbons (Fsp3) is 0.650. The first-order valence-electron chi connectivity index (χ1n) is 10.0. The molecule has 0 radical (unpaired) electrons. The summed E-state index contributed by atoms with van der Waals surface area (Å²) in [5.74, 6) is 0.527. The summed E-state index contributed by atoms with van der Waals surface area (Å²) in [4.78, 5) is 14.8. The van der Waals surface area contributed by atoms with Crippen LogP contribution in [0.25, 0.3) is 0 Å². The van der Waals surface area contributed by atoms with Crippen molar-refractivity contribution in [2.45, 2.75) is 37.8 Å². The minimum absolute atomic E-state index is 0.0646. The molecule has 0 saturated carbocycles. The summed E-state index contributed by atoms with van der Waals surface area (Å²) in [6.07, 6.45) is 4.09. The van der Waals surface area contributed by atoms with Gasteiger partial charge >= 0.3 is 6.03 Å². The van der Waals surface area contributed by atoms with Crippen LogP contribution in [0, 0.1) is 5.92 Å². The average Bonchev–Trinajstić information content (AvgIpc) is 3.08. The molecule has 1 unspecified atom stereocenters. The van der Waals surface area contributed by atoms with E-state index in [9.17, 15) is 10.0 Å². The van der Waals surface area contributed by atoms with Gasteiger partial charge in [-0.3, -0.25) is 0 Å². The zero-order valence-corrected chi connectivity index (χ0v) is 15.4. The van der Waals surface area contributed by atoms with Crippen LogP contribution in [0.2, 0.25) is 0 Å². The van der Waals surface area contributed by atoms with Gasteiger partial charge in [0.25, 0.3) is 0 Å². The smallest absolute Gasteiger partial charge is 0.315 e. The third kappa shape index (κ3) is 4.19. The minimum Gasteiger partial charge on any atom is -0.334 e. The van der Waals surface area contributed by atoms with Gasteiger partial charge in [-0.05, 0) is 24.3 Å². The van der Waals surface area contributed by atoms with Gasteiger partial charge in [-0.25, -0.2) is 10.0 Å². The van der Waals surface area contributed by atoms with Crippen molar-refractivity contribution in [2.24, 2.45) is 5.92 Å². The molecule has 4 heterocycles. The summed E-state index contributed by atoms with van der Waals surface area (Å²) in [6, 6.07) is 10.8. The number of urea groups is 1. The van der Waals surface area contributed by atoms with E-state index in [0.717, 1.165) is 58.4 Å². The number of nitrogens with zero attached hydrogens (tertiary/aromatic N) is 2. The predicted octanol–water partition coefficient (Wildman–Crippen LogP) is 1.60. The second-order valence-electron chi connectivity index (χ2n) is 8.31.